The lowest BCUT2D eigenvalue weighted by Crippen LogP contribution is -2.31. The van der Waals surface area contributed by atoms with Gasteiger partial charge in [-0.3, -0.25) is 4.79 Å². The molecule has 5 heteroatoms. The first-order chi connectivity index (χ1) is 8.18. The predicted molar refractivity (Wildman–Crippen MR) is 66.1 cm³/mol. The molecule has 0 atom stereocenters. The van der Waals surface area contributed by atoms with Crippen LogP contribution in [-0.4, -0.2) is 48.0 Å². The molecule has 0 radical (unpaired) electrons. The fraction of sp³-hybridized carbons (Fsp3) is 0.583. The minimum Gasteiger partial charge on any atom is -0.345 e. The van der Waals surface area contributed by atoms with Gasteiger partial charge in [-0.2, -0.15) is 0 Å². The maximum Gasteiger partial charge on any atom is 0.256 e. The molecule has 92 valence electrons. The molecule has 2 rings (SSSR count). The van der Waals surface area contributed by atoms with Crippen molar-refractivity contribution >= 4 is 11.9 Å². The molecule has 5 nitrogen and oxygen atoms in total. The van der Waals surface area contributed by atoms with Crippen LogP contribution in [0.3, 0.4) is 0 Å². The van der Waals surface area contributed by atoms with E-state index in [1.807, 2.05) is 0 Å². The number of nitrogens with zero attached hydrogens (tertiary/aromatic N) is 4. The molecule has 0 spiro atoms. The highest BCUT2D eigenvalue weighted by Gasteiger charge is 2.14. The molecule has 1 fully saturated rings. The molecule has 0 N–H and O–H groups in total. The molecular weight excluding hydrogens is 216 g/mol. The quantitative estimate of drug-likeness (QED) is 0.770. The Morgan fingerprint density at radius 1 is 1.18 bits per heavy atom. The zero-order valence-electron chi connectivity index (χ0n) is 10.4. The monoisotopic (exact) mass is 234 g/mol. The van der Waals surface area contributed by atoms with Crippen molar-refractivity contribution in [3.63, 3.8) is 0 Å². The Bertz CT molecular complexity index is 382. The first kappa shape index (κ1) is 11.8. The summed E-state index contributed by atoms with van der Waals surface area (Å²) < 4.78 is 0. The molecule has 0 aliphatic carbocycles. The minimum absolute atomic E-state index is 0.0600. The molecule has 2 heterocycles. The summed E-state index contributed by atoms with van der Waals surface area (Å²) in [5, 5.41) is 0. The van der Waals surface area contributed by atoms with E-state index in [2.05, 4.69) is 14.9 Å². The van der Waals surface area contributed by atoms with Crippen LogP contribution in [-0.2, 0) is 0 Å². The van der Waals surface area contributed by atoms with Crippen molar-refractivity contribution in [2.24, 2.45) is 0 Å². The highest BCUT2D eigenvalue weighted by atomic mass is 16.2. The normalized spacial score (nSPS) is 15.8. The highest BCUT2D eigenvalue weighted by molar-refractivity contribution is 5.93. The number of piperidine rings is 1. The summed E-state index contributed by atoms with van der Waals surface area (Å²) in [4.78, 5) is 23.9. The van der Waals surface area contributed by atoms with Crippen LogP contribution in [0.1, 0.15) is 29.6 Å². The van der Waals surface area contributed by atoms with Gasteiger partial charge < -0.3 is 9.80 Å². The maximum absolute atomic E-state index is 11.7. The van der Waals surface area contributed by atoms with Crippen molar-refractivity contribution in [1.29, 1.82) is 0 Å². The van der Waals surface area contributed by atoms with Crippen LogP contribution in [0.5, 0.6) is 0 Å². The summed E-state index contributed by atoms with van der Waals surface area (Å²) in [6.45, 7) is 2.03. The number of rotatable bonds is 2. The van der Waals surface area contributed by atoms with Gasteiger partial charge >= 0.3 is 0 Å². The minimum atomic E-state index is -0.0600. The van der Waals surface area contributed by atoms with Gasteiger partial charge in [0.2, 0.25) is 5.95 Å². The van der Waals surface area contributed by atoms with E-state index >= 15 is 0 Å². The number of amides is 1. The third-order valence-corrected chi connectivity index (χ3v) is 2.93. The molecule has 17 heavy (non-hydrogen) atoms. The van der Waals surface area contributed by atoms with Gasteiger partial charge in [-0.15, -0.1) is 0 Å². The van der Waals surface area contributed by atoms with Crippen molar-refractivity contribution in [1.82, 2.24) is 14.9 Å². The van der Waals surface area contributed by atoms with E-state index in [0.717, 1.165) is 19.0 Å². The fourth-order valence-corrected chi connectivity index (χ4v) is 1.95. The topological polar surface area (TPSA) is 49.3 Å². The number of hydrogen-bond acceptors (Lipinski definition) is 4. The highest BCUT2D eigenvalue weighted by Crippen LogP contribution is 2.15. The van der Waals surface area contributed by atoms with Gasteiger partial charge in [0, 0.05) is 39.6 Å². The number of anilines is 1. The fourth-order valence-electron chi connectivity index (χ4n) is 1.95. The molecule has 1 aliphatic heterocycles. The Kier molecular flexibility index (Phi) is 3.56. The smallest absolute Gasteiger partial charge is 0.256 e. The zero-order chi connectivity index (χ0) is 12.3. The lowest BCUT2D eigenvalue weighted by atomic mass is 10.1. The second-order valence-corrected chi connectivity index (χ2v) is 4.52. The Morgan fingerprint density at radius 3 is 2.29 bits per heavy atom. The maximum atomic E-state index is 11.7. The van der Waals surface area contributed by atoms with E-state index in [9.17, 15) is 4.79 Å². The van der Waals surface area contributed by atoms with Gasteiger partial charge in [-0.25, -0.2) is 9.97 Å². The Labute approximate surface area is 101 Å². The van der Waals surface area contributed by atoms with Crippen molar-refractivity contribution < 1.29 is 4.79 Å². The van der Waals surface area contributed by atoms with E-state index in [1.165, 1.54) is 24.2 Å². The van der Waals surface area contributed by atoms with Gasteiger partial charge in [-0.1, -0.05) is 0 Å². The first-order valence-electron chi connectivity index (χ1n) is 5.97. The SMILES string of the molecule is CN(C)C(=O)c1cnc(N2CCCCC2)nc1. The van der Waals surface area contributed by atoms with Crippen LogP contribution in [0, 0.1) is 0 Å². The predicted octanol–water partition coefficient (Wildman–Crippen LogP) is 1.17. The molecule has 0 aromatic carbocycles. The summed E-state index contributed by atoms with van der Waals surface area (Å²) in [6.07, 6.45) is 6.90. The molecule has 1 aromatic rings. The molecule has 1 saturated heterocycles. The second-order valence-electron chi connectivity index (χ2n) is 4.52. The number of aromatic nitrogens is 2. The zero-order valence-corrected chi connectivity index (χ0v) is 10.4. The van der Waals surface area contributed by atoms with E-state index < -0.39 is 0 Å². The number of carbonyl (C=O) groups excluding carboxylic acids is 1. The summed E-state index contributed by atoms with van der Waals surface area (Å²) >= 11 is 0. The Morgan fingerprint density at radius 2 is 1.76 bits per heavy atom. The lowest BCUT2D eigenvalue weighted by Gasteiger charge is -2.26. The van der Waals surface area contributed by atoms with E-state index in [0.29, 0.717) is 5.56 Å². The van der Waals surface area contributed by atoms with Crippen LogP contribution < -0.4 is 4.90 Å². The summed E-state index contributed by atoms with van der Waals surface area (Å²) in [7, 11) is 3.45. The van der Waals surface area contributed by atoms with E-state index in [4.69, 9.17) is 0 Å². The standard InChI is InChI=1S/C12H18N4O/c1-15(2)11(17)10-8-13-12(14-9-10)16-6-4-3-5-7-16/h8-9H,3-7H2,1-2H3. The Balaban J connectivity index is 2.09. The molecule has 0 unspecified atom stereocenters. The van der Waals surface area contributed by atoms with Crippen LogP contribution in [0.2, 0.25) is 0 Å². The molecule has 0 saturated carbocycles. The van der Waals surface area contributed by atoms with Gasteiger partial charge in [0.15, 0.2) is 0 Å². The number of hydrogen-bond donors (Lipinski definition) is 0. The van der Waals surface area contributed by atoms with Crippen LogP contribution in [0.15, 0.2) is 12.4 Å². The third-order valence-electron chi connectivity index (χ3n) is 2.93. The molecule has 1 aromatic heterocycles. The van der Waals surface area contributed by atoms with Crippen molar-refractivity contribution in [2.75, 3.05) is 32.1 Å². The third kappa shape index (κ3) is 2.72. The van der Waals surface area contributed by atoms with Gasteiger partial charge in [-0.05, 0) is 19.3 Å². The van der Waals surface area contributed by atoms with Gasteiger partial charge in [0.05, 0.1) is 5.56 Å². The molecule has 1 aliphatic rings. The summed E-state index contributed by atoms with van der Waals surface area (Å²) in [5.41, 5.74) is 0.538. The Hall–Kier alpha value is -1.65. The number of carbonyl (C=O) groups is 1. The first-order valence-corrected chi connectivity index (χ1v) is 5.97. The summed E-state index contributed by atoms with van der Waals surface area (Å²) in [5.74, 6) is 0.676. The van der Waals surface area contributed by atoms with Crippen molar-refractivity contribution in [3.8, 4) is 0 Å². The van der Waals surface area contributed by atoms with Crippen LogP contribution >= 0.6 is 0 Å². The lowest BCUT2D eigenvalue weighted by molar-refractivity contribution is 0.0827. The van der Waals surface area contributed by atoms with Gasteiger partial charge in [0.1, 0.15) is 0 Å². The molecule has 0 bridgehead atoms. The molecular formula is C12H18N4O. The van der Waals surface area contributed by atoms with E-state index in [-0.39, 0.29) is 5.91 Å². The second kappa shape index (κ2) is 5.12. The summed E-state index contributed by atoms with van der Waals surface area (Å²) in [6, 6.07) is 0. The average molecular weight is 234 g/mol. The van der Waals surface area contributed by atoms with Crippen molar-refractivity contribution in [2.45, 2.75) is 19.3 Å². The van der Waals surface area contributed by atoms with Crippen LogP contribution in [0.4, 0.5) is 5.95 Å². The van der Waals surface area contributed by atoms with Gasteiger partial charge in [0.25, 0.3) is 5.91 Å². The van der Waals surface area contributed by atoms with E-state index in [1.54, 1.807) is 26.5 Å². The molecule has 1 amide bonds. The average Bonchev–Trinajstić information content (AvgIpc) is 2.39. The largest absolute Gasteiger partial charge is 0.345 e. The van der Waals surface area contributed by atoms with Crippen molar-refractivity contribution in [3.05, 3.63) is 18.0 Å². The van der Waals surface area contributed by atoms with Crippen LogP contribution in [0.25, 0.3) is 0 Å².